The number of carbonyl (C=O) groups is 1. The van der Waals surface area contributed by atoms with Gasteiger partial charge < -0.3 is 4.74 Å². The molecule has 0 rings (SSSR count). The van der Waals surface area contributed by atoms with Crippen LogP contribution in [-0.2, 0) is 19.7 Å². The maximum atomic E-state index is 11.8. The summed E-state index contributed by atoms with van der Waals surface area (Å²) in [6, 6.07) is -0.0689. The third kappa shape index (κ3) is 5.99. The summed E-state index contributed by atoms with van der Waals surface area (Å²) in [5.74, 6) is -0.422. The Bertz CT molecular complexity index is 325. The van der Waals surface area contributed by atoms with Crippen LogP contribution in [0.1, 0.15) is 33.1 Å². The molecule has 6 nitrogen and oxygen atoms in total. The highest BCUT2D eigenvalue weighted by molar-refractivity contribution is 7.87. The van der Waals surface area contributed by atoms with Crippen molar-refractivity contribution in [3.63, 3.8) is 0 Å². The molecule has 0 aromatic rings. The molecule has 0 heterocycles. The van der Waals surface area contributed by atoms with E-state index in [2.05, 4.69) is 9.46 Å². The molecule has 1 N–H and O–H groups in total. The monoisotopic (exact) mass is 266 g/mol. The SMILES string of the molecule is CCC(CC)NS(=O)(=O)N(C)CCC(=O)OC. The molecule has 0 atom stereocenters. The average Bonchev–Trinajstić information content (AvgIpc) is 2.32. The average molecular weight is 266 g/mol. The van der Waals surface area contributed by atoms with Crippen LogP contribution in [0.3, 0.4) is 0 Å². The highest BCUT2D eigenvalue weighted by Crippen LogP contribution is 2.03. The Morgan fingerprint density at radius 1 is 1.35 bits per heavy atom. The number of hydrogen-bond donors (Lipinski definition) is 1. The van der Waals surface area contributed by atoms with E-state index >= 15 is 0 Å². The van der Waals surface area contributed by atoms with Crippen LogP contribution in [0.25, 0.3) is 0 Å². The van der Waals surface area contributed by atoms with Gasteiger partial charge in [0.15, 0.2) is 0 Å². The number of methoxy groups -OCH3 is 1. The first-order chi connectivity index (χ1) is 7.87. The molecule has 0 bridgehead atoms. The molecular weight excluding hydrogens is 244 g/mol. The predicted octanol–water partition coefficient (Wildman–Crippen LogP) is 0.504. The third-order valence-electron chi connectivity index (χ3n) is 2.57. The molecule has 0 aliphatic carbocycles. The summed E-state index contributed by atoms with van der Waals surface area (Å²) in [5, 5.41) is 0. The lowest BCUT2D eigenvalue weighted by Gasteiger charge is -2.21. The van der Waals surface area contributed by atoms with Crippen LogP contribution >= 0.6 is 0 Å². The fourth-order valence-corrected chi connectivity index (χ4v) is 2.49. The summed E-state index contributed by atoms with van der Waals surface area (Å²) in [4.78, 5) is 10.9. The van der Waals surface area contributed by atoms with E-state index in [0.717, 1.165) is 17.1 Å². The molecule has 102 valence electrons. The van der Waals surface area contributed by atoms with Gasteiger partial charge in [-0.25, -0.2) is 0 Å². The molecule has 0 unspecified atom stereocenters. The maximum absolute atomic E-state index is 11.8. The molecule has 0 aliphatic heterocycles. The van der Waals surface area contributed by atoms with Gasteiger partial charge in [-0.15, -0.1) is 0 Å². The minimum atomic E-state index is -3.51. The molecule has 0 amide bonds. The minimum absolute atomic E-state index is 0.0524. The Balaban J connectivity index is 4.34. The van der Waals surface area contributed by atoms with Crippen molar-refractivity contribution < 1.29 is 17.9 Å². The van der Waals surface area contributed by atoms with Gasteiger partial charge in [0, 0.05) is 19.6 Å². The number of nitrogens with zero attached hydrogens (tertiary/aromatic N) is 1. The molecule has 0 fully saturated rings. The van der Waals surface area contributed by atoms with Crippen molar-refractivity contribution in [3.05, 3.63) is 0 Å². The molecule has 0 aromatic heterocycles. The van der Waals surface area contributed by atoms with E-state index in [-0.39, 0.29) is 19.0 Å². The lowest BCUT2D eigenvalue weighted by atomic mass is 10.2. The zero-order valence-electron chi connectivity index (χ0n) is 10.9. The summed E-state index contributed by atoms with van der Waals surface area (Å²) in [5.41, 5.74) is 0. The molecular formula is C10H22N2O4S. The highest BCUT2D eigenvalue weighted by atomic mass is 32.2. The lowest BCUT2D eigenvalue weighted by Crippen LogP contribution is -2.43. The predicted molar refractivity (Wildman–Crippen MR) is 65.7 cm³/mol. The number of rotatable bonds is 8. The number of ether oxygens (including phenoxy) is 1. The second-order valence-electron chi connectivity index (χ2n) is 3.78. The van der Waals surface area contributed by atoms with Crippen molar-refractivity contribution in [2.75, 3.05) is 20.7 Å². The van der Waals surface area contributed by atoms with Crippen LogP contribution in [0.15, 0.2) is 0 Å². The van der Waals surface area contributed by atoms with Crippen LogP contribution in [0.4, 0.5) is 0 Å². The molecule has 0 spiro atoms. The van der Waals surface area contributed by atoms with Gasteiger partial charge in [-0.1, -0.05) is 13.8 Å². The molecule has 0 radical (unpaired) electrons. The van der Waals surface area contributed by atoms with Crippen molar-refractivity contribution in [1.29, 1.82) is 0 Å². The third-order valence-corrected chi connectivity index (χ3v) is 4.20. The largest absolute Gasteiger partial charge is 0.469 e. The van der Waals surface area contributed by atoms with Crippen molar-refractivity contribution in [1.82, 2.24) is 9.03 Å². The standard InChI is InChI=1S/C10H22N2O4S/c1-5-9(6-2)11-17(14,15)12(3)8-7-10(13)16-4/h9,11H,5-8H2,1-4H3. The van der Waals surface area contributed by atoms with Crippen molar-refractivity contribution in [3.8, 4) is 0 Å². The normalized spacial score (nSPS) is 12.1. The van der Waals surface area contributed by atoms with Crippen LogP contribution in [-0.4, -0.2) is 45.4 Å². The van der Waals surface area contributed by atoms with E-state index in [1.807, 2.05) is 13.8 Å². The van der Waals surface area contributed by atoms with Crippen molar-refractivity contribution in [2.45, 2.75) is 39.2 Å². The van der Waals surface area contributed by atoms with Gasteiger partial charge in [-0.3, -0.25) is 4.79 Å². The van der Waals surface area contributed by atoms with Crippen LogP contribution < -0.4 is 4.72 Å². The second kappa shape index (κ2) is 7.62. The lowest BCUT2D eigenvalue weighted by molar-refractivity contribution is -0.140. The topological polar surface area (TPSA) is 75.7 Å². The number of hydrogen-bond acceptors (Lipinski definition) is 4. The quantitative estimate of drug-likeness (QED) is 0.649. The smallest absolute Gasteiger partial charge is 0.306 e. The number of nitrogens with one attached hydrogen (secondary N) is 1. The van der Waals surface area contributed by atoms with E-state index < -0.39 is 16.2 Å². The molecule has 17 heavy (non-hydrogen) atoms. The first-order valence-electron chi connectivity index (χ1n) is 5.67. The summed E-state index contributed by atoms with van der Waals surface area (Å²) in [6.07, 6.45) is 1.53. The first-order valence-corrected chi connectivity index (χ1v) is 7.11. The zero-order valence-corrected chi connectivity index (χ0v) is 11.7. The molecule has 7 heteroatoms. The Morgan fingerprint density at radius 3 is 2.29 bits per heavy atom. The van der Waals surface area contributed by atoms with Crippen LogP contribution in [0.5, 0.6) is 0 Å². The Hall–Kier alpha value is -0.660. The molecule has 0 saturated heterocycles. The summed E-state index contributed by atoms with van der Waals surface area (Å²) < 4.78 is 31.8. The molecule has 0 aromatic carbocycles. The van der Waals surface area contributed by atoms with Gasteiger partial charge in [0.2, 0.25) is 0 Å². The van der Waals surface area contributed by atoms with Gasteiger partial charge in [-0.2, -0.15) is 17.4 Å². The second-order valence-corrected chi connectivity index (χ2v) is 5.59. The maximum Gasteiger partial charge on any atom is 0.306 e. The van der Waals surface area contributed by atoms with E-state index in [1.54, 1.807) is 0 Å². The summed E-state index contributed by atoms with van der Waals surface area (Å²) in [6.45, 7) is 3.96. The highest BCUT2D eigenvalue weighted by Gasteiger charge is 2.21. The van der Waals surface area contributed by atoms with Gasteiger partial charge in [0.05, 0.1) is 13.5 Å². The van der Waals surface area contributed by atoms with Crippen molar-refractivity contribution in [2.24, 2.45) is 0 Å². The Labute approximate surface area is 104 Å². The van der Waals surface area contributed by atoms with Gasteiger partial charge in [0.25, 0.3) is 10.2 Å². The fourth-order valence-electron chi connectivity index (χ4n) is 1.23. The van der Waals surface area contributed by atoms with Crippen LogP contribution in [0, 0.1) is 0 Å². The Kier molecular flexibility index (Phi) is 7.33. The van der Waals surface area contributed by atoms with E-state index in [4.69, 9.17) is 0 Å². The van der Waals surface area contributed by atoms with E-state index in [0.29, 0.717) is 0 Å². The summed E-state index contributed by atoms with van der Waals surface area (Å²) in [7, 11) is -0.797. The molecule has 0 aliphatic rings. The first kappa shape index (κ1) is 16.3. The van der Waals surface area contributed by atoms with E-state index in [9.17, 15) is 13.2 Å². The molecule has 0 saturated carbocycles. The van der Waals surface area contributed by atoms with E-state index in [1.165, 1.54) is 14.2 Å². The number of esters is 1. The fraction of sp³-hybridized carbons (Fsp3) is 0.900. The summed E-state index contributed by atoms with van der Waals surface area (Å²) >= 11 is 0. The Morgan fingerprint density at radius 2 is 1.88 bits per heavy atom. The van der Waals surface area contributed by atoms with Crippen molar-refractivity contribution >= 4 is 16.2 Å². The zero-order chi connectivity index (χ0) is 13.5. The number of carbonyl (C=O) groups excluding carboxylic acids is 1. The van der Waals surface area contributed by atoms with Crippen LogP contribution in [0.2, 0.25) is 0 Å². The minimum Gasteiger partial charge on any atom is -0.469 e. The van der Waals surface area contributed by atoms with Gasteiger partial charge >= 0.3 is 5.97 Å². The van der Waals surface area contributed by atoms with Gasteiger partial charge in [0.1, 0.15) is 0 Å². The van der Waals surface area contributed by atoms with Gasteiger partial charge in [-0.05, 0) is 12.8 Å².